The van der Waals surface area contributed by atoms with Gasteiger partial charge in [0.2, 0.25) is 0 Å². The second-order valence-corrected chi connectivity index (χ2v) is 4.38. The monoisotopic (exact) mass is 256 g/mol. The number of aryl methyl sites for hydroxylation is 1. The van der Waals surface area contributed by atoms with E-state index in [0.29, 0.717) is 6.61 Å². The van der Waals surface area contributed by atoms with Crippen LogP contribution in [0.2, 0.25) is 0 Å². The molecule has 2 N–H and O–H groups in total. The van der Waals surface area contributed by atoms with Crippen molar-refractivity contribution in [3.8, 4) is 5.75 Å². The average Bonchev–Trinajstić information content (AvgIpc) is 2.43. The molecule has 2 aromatic rings. The normalized spacial score (nSPS) is 10.2. The number of rotatable bonds is 6. The molecule has 3 nitrogen and oxygen atoms in total. The lowest BCUT2D eigenvalue weighted by atomic mass is 10.1. The van der Waals surface area contributed by atoms with Crippen molar-refractivity contribution in [2.75, 3.05) is 12.0 Å². The van der Waals surface area contributed by atoms with Crippen LogP contribution in [0.3, 0.4) is 0 Å². The van der Waals surface area contributed by atoms with Gasteiger partial charge in [-0.25, -0.2) is 5.43 Å². The lowest BCUT2D eigenvalue weighted by molar-refractivity contribution is 0.338. The molecule has 0 aliphatic heterocycles. The van der Waals surface area contributed by atoms with Gasteiger partial charge in [-0.05, 0) is 43.2 Å². The molecule has 0 saturated carbocycles. The van der Waals surface area contributed by atoms with Gasteiger partial charge >= 0.3 is 0 Å². The number of nitrogens with one attached hydrogen (secondary N) is 2. The molecule has 2 rings (SSSR count). The van der Waals surface area contributed by atoms with E-state index in [1.807, 2.05) is 43.3 Å². The molecule has 0 atom stereocenters. The fourth-order valence-electron chi connectivity index (χ4n) is 1.91. The van der Waals surface area contributed by atoms with E-state index in [1.165, 1.54) is 11.1 Å². The van der Waals surface area contributed by atoms with Crippen LogP contribution < -0.4 is 15.6 Å². The number of hydrogen-bond acceptors (Lipinski definition) is 3. The number of benzene rings is 2. The Hall–Kier alpha value is -2.00. The predicted octanol–water partition coefficient (Wildman–Crippen LogP) is 3.51. The molecule has 0 heterocycles. The number of hydrogen-bond donors (Lipinski definition) is 2. The Labute approximate surface area is 114 Å². The maximum atomic E-state index is 5.53. The van der Waals surface area contributed by atoms with Crippen molar-refractivity contribution in [1.29, 1.82) is 0 Å². The molecule has 19 heavy (non-hydrogen) atoms. The first-order valence-corrected chi connectivity index (χ1v) is 6.56. The number of ether oxygens (including phenoxy) is 1. The van der Waals surface area contributed by atoms with Gasteiger partial charge in [-0.15, -0.1) is 0 Å². The first-order chi connectivity index (χ1) is 9.29. The van der Waals surface area contributed by atoms with Crippen LogP contribution in [0.1, 0.15) is 18.1 Å². The van der Waals surface area contributed by atoms with Crippen molar-refractivity contribution in [1.82, 2.24) is 5.43 Å². The first-order valence-electron chi connectivity index (χ1n) is 6.56. The topological polar surface area (TPSA) is 33.3 Å². The largest absolute Gasteiger partial charge is 0.494 e. The van der Waals surface area contributed by atoms with Gasteiger partial charge in [-0.1, -0.05) is 30.3 Å². The molecule has 0 unspecified atom stereocenters. The van der Waals surface area contributed by atoms with Gasteiger partial charge in [0.25, 0.3) is 0 Å². The van der Waals surface area contributed by atoms with Crippen molar-refractivity contribution >= 4 is 5.69 Å². The number of hydrazine groups is 1. The summed E-state index contributed by atoms with van der Waals surface area (Å²) in [5.41, 5.74) is 9.83. The summed E-state index contributed by atoms with van der Waals surface area (Å²) in [7, 11) is 0. The zero-order valence-corrected chi connectivity index (χ0v) is 11.4. The van der Waals surface area contributed by atoms with Gasteiger partial charge < -0.3 is 10.2 Å². The minimum atomic E-state index is 0.702. The zero-order valence-electron chi connectivity index (χ0n) is 11.4. The summed E-state index contributed by atoms with van der Waals surface area (Å²) < 4.78 is 5.53. The lowest BCUT2D eigenvalue weighted by Crippen LogP contribution is -2.20. The second kappa shape index (κ2) is 6.81. The van der Waals surface area contributed by atoms with E-state index < -0.39 is 0 Å². The van der Waals surface area contributed by atoms with Crippen molar-refractivity contribution in [2.45, 2.75) is 20.4 Å². The van der Waals surface area contributed by atoms with Crippen LogP contribution in [0.15, 0.2) is 48.5 Å². The minimum absolute atomic E-state index is 0.702. The molecule has 0 radical (unpaired) electrons. The summed E-state index contributed by atoms with van der Waals surface area (Å²) in [5.74, 6) is 0.960. The molecule has 0 aromatic heterocycles. The standard InChI is InChI=1S/C16H20N2O/c1-3-19-16-10-9-14(11-13(16)2)12-17-18-15-7-5-4-6-8-15/h4-11,17-18H,3,12H2,1-2H3. The highest BCUT2D eigenvalue weighted by Crippen LogP contribution is 2.19. The second-order valence-electron chi connectivity index (χ2n) is 4.38. The van der Waals surface area contributed by atoms with Gasteiger partial charge in [-0.2, -0.15) is 0 Å². The van der Waals surface area contributed by atoms with E-state index in [4.69, 9.17) is 4.74 Å². The molecule has 0 aliphatic carbocycles. The molecule has 0 aliphatic rings. The van der Waals surface area contributed by atoms with Crippen LogP contribution in [0.25, 0.3) is 0 Å². The fourth-order valence-corrected chi connectivity index (χ4v) is 1.91. The van der Waals surface area contributed by atoms with Crippen molar-refractivity contribution < 1.29 is 4.74 Å². The number of anilines is 1. The van der Waals surface area contributed by atoms with Crippen LogP contribution in [-0.2, 0) is 6.54 Å². The molecule has 2 aromatic carbocycles. The Kier molecular flexibility index (Phi) is 4.81. The summed E-state index contributed by atoms with van der Waals surface area (Å²) >= 11 is 0. The van der Waals surface area contributed by atoms with E-state index in [2.05, 4.69) is 29.9 Å². The fraction of sp³-hybridized carbons (Fsp3) is 0.250. The third-order valence-corrected chi connectivity index (χ3v) is 2.84. The molecule has 0 bridgehead atoms. The van der Waals surface area contributed by atoms with E-state index in [9.17, 15) is 0 Å². The maximum absolute atomic E-state index is 5.53. The van der Waals surface area contributed by atoms with Crippen LogP contribution in [0, 0.1) is 6.92 Å². The highest BCUT2D eigenvalue weighted by Gasteiger charge is 2.00. The Balaban J connectivity index is 1.88. The van der Waals surface area contributed by atoms with Crippen LogP contribution in [-0.4, -0.2) is 6.61 Å². The molecule has 0 spiro atoms. The van der Waals surface area contributed by atoms with Crippen molar-refractivity contribution in [3.63, 3.8) is 0 Å². The van der Waals surface area contributed by atoms with Gasteiger partial charge in [0.1, 0.15) is 5.75 Å². The molecule has 100 valence electrons. The van der Waals surface area contributed by atoms with E-state index in [0.717, 1.165) is 18.0 Å². The molecular formula is C16H20N2O. The van der Waals surface area contributed by atoms with Crippen molar-refractivity contribution in [2.24, 2.45) is 0 Å². The Bertz CT molecular complexity index is 511. The summed E-state index contributed by atoms with van der Waals surface area (Å²) in [6.45, 7) is 5.54. The third-order valence-electron chi connectivity index (χ3n) is 2.84. The average molecular weight is 256 g/mol. The molecule has 0 saturated heterocycles. The molecule has 3 heteroatoms. The summed E-state index contributed by atoms with van der Waals surface area (Å²) in [5, 5.41) is 0. The van der Waals surface area contributed by atoms with Crippen molar-refractivity contribution in [3.05, 3.63) is 59.7 Å². The van der Waals surface area contributed by atoms with Gasteiger partial charge in [0, 0.05) is 12.2 Å². The van der Waals surface area contributed by atoms with Crippen LogP contribution >= 0.6 is 0 Å². The van der Waals surface area contributed by atoms with Gasteiger partial charge in [-0.3, -0.25) is 0 Å². The molecule has 0 fully saturated rings. The maximum Gasteiger partial charge on any atom is 0.122 e. The smallest absolute Gasteiger partial charge is 0.122 e. The SMILES string of the molecule is CCOc1ccc(CNNc2ccccc2)cc1C. The summed E-state index contributed by atoms with van der Waals surface area (Å²) in [6, 6.07) is 16.3. The summed E-state index contributed by atoms with van der Waals surface area (Å²) in [4.78, 5) is 0. The summed E-state index contributed by atoms with van der Waals surface area (Å²) in [6.07, 6.45) is 0. The Morgan fingerprint density at radius 2 is 1.84 bits per heavy atom. The number of para-hydroxylation sites is 1. The third kappa shape index (κ3) is 4.00. The lowest BCUT2D eigenvalue weighted by Gasteiger charge is -2.11. The highest BCUT2D eigenvalue weighted by molar-refractivity contribution is 5.41. The minimum Gasteiger partial charge on any atom is -0.494 e. The van der Waals surface area contributed by atoms with Gasteiger partial charge in [0.05, 0.1) is 6.61 Å². The van der Waals surface area contributed by atoms with E-state index >= 15 is 0 Å². The van der Waals surface area contributed by atoms with Crippen LogP contribution in [0.5, 0.6) is 5.75 Å². The predicted molar refractivity (Wildman–Crippen MR) is 79.3 cm³/mol. The first kappa shape index (κ1) is 13.4. The molecular weight excluding hydrogens is 236 g/mol. The highest BCUT2D eigenvalue weighted by atomic mass is 16.5. The van der Waals surface area contributed by atoms with Crippen LogP contribution in [0.4, 0.5) is 5.69 Å². The quantitative estimate of drug-likeness (QED) is 0.776. The molecule has 0 amide bonds. The Morgan fingerprint density at radius 1 is 1.05 bits per heavy atom. The van der Waals surface area contributed by atoms with Gasteiger partial charge in [0.15, 0.2) is 0 Å². The van der Waals surface area contributed by atoms with E-state index in [1.54, 1.807) is 0 Å². The van der Waals surface area contributed by atoms with E-state index in [-0.39, 0.29) is 0 Å². The Morgan fingerprint density at radius 3 is 2.53 bits per heavy atom. The zero-order chi connectivity index (χ0) is 13.5.